The van der Waals surface area contributed by atoms with Gasteiger partial charge in [-0.1, -0.05) is 12.2 Å². The molecule has 6 heteroatoms. The Kier molecular flexibility index (Phi) is 5.47. The zero-order chi connectivity index (χ0) is 16.9. The molecule has 0 saturated carbocycles. The van der Waals surface area contributed by atoms with E-state index in [0.717, 1.165) is 0 Å². The number of hydrogen-bond donors (Lipinski definition) is 0. The van der Waals surface area contributed by atoms with Crippen LogP contribution in [0.15, 0.2) is 41.4 Å². The quantitative estimate of drug-likeness (QED) is 0.623. The second-order valence-corrected chi connectivity index (χ2v) is 5.12. The van der Waals surface area contributed by atoms with Gasteiger partial charge in [-0.3, -0.25) is 9.79 Å². The van der Waals surface area contributed by atoms with Crippen LogP contribution in [0, 0.1) is 5.92 Å². The lowest BCUT2D eigenvalue weighted by molar-refractivity contribution is -0.145. The zero-order valence-corrected chi connectivity index (χ0v) is 13.1. The number of carbonyl (C=O) groups is 1. The topological polar surface area (TPSA) is 47.9 Å². The molecule has 0 aromatic heterocycles. The molecular weight excluding hydrogens is 304 g/mol. The Hall–Kier alpha value is -2.24. The van der Waals surface area contributed by atoms with Crippen molar-refractivity contribution in [2.45, 2.75) is 25.7 Å². The summed E-state index contributed by atoms with van der Waals surface area (Å²) in [4.78, 5) is 16.1. The fraction of sp³-hybridized carbons (Fsp3) is 0.412. The van der Waals surface area contributed by atoms with Crippen LogP contribution in [0.25, 0.3) is 0 Å². The zero-order valence-electron chi connectivity index (χ0n) is 13.1. The lowest BCUT2D eigenvalue weighted by Gasteiger charge is -2.21. The summed E-state index contributed by atoms with van der Waals surface area (Å²) in [6.45, 7) is 1.78. The normalized spacial score (nSPS) is 21.7. The largest absolute Gasteiger partial charge is 0.497 e. The minimum Gasteiger partial charge on any atom is -0.497 e. The molecule has 1 aromatic carbocycles. The van der Waals surface area contributed by atoms with E-state index in [1.54, 1.807) is 37.3 Å². The molecule has 1 aromatic rings. The molecule has 0 bridgehead atoms. The summed E-state index contributed by atoms with van der Waals surface area (Å²) in [6.07, 6.45) is 2.64. The first kappa shape index (κ1) is 17.1. The van der Waals surface area contributed by atoms with E-state index in [0.29, 0.717) is 11.4 Å². The molecule has 2 rings (SSSR count). The number of nitrogens with zero attached hydrogens (tertiary/aromatic N) is 1. The monoisotopic (exact) mass is 323 g/mol. The van der Waals surface area contributed by atoms with E-state index in [2.05, 4.69) is 4.99 Å². The van der Waals surface area contributed by atoms with Gasteiger partial charge in [-0.05, 0) is 37.6 Å². The van der Waals surface area contributed by atoms with Crippen LogP contribution in [-0.2, 0) is 9.53 Å². The fourth-order valence-electron chi connectivity index (χ4n) is 2.34. The number of aliphatic imine (C=N–C) groups is 1. The Morgan fingerprint density at radius 2 is 2.00 bits per heavy atom. The Balaban J connectivity index is 2.40. The van der Waals surface area contributed by atoms with Crippen LogP contribution >= 0.6 is 0 Å². The summed E-state index contributed by atoms with van der Waals surface area (Å²) in [5.74, 6) is -4.34. The molecular formula is C17H19F2NO3. The van der Waals surface area contributed by atoms with Crippen molar-refractivity contribution in [2.24, 2.45) is 10.9 Å². The van der Waals surface area contributed by atoms with Crippen molar-refractivity contribution in [3.8, 4) is 5.75 Å². The summed E-state index contributed by atoms with van der Waals surface area (Å²) >= 11 is 0. The van der Waals surface area contributed by atoms with E-state index in [-0.39, 0.29) is 13.0 Å². The van der Waals surface area contributed by atoms with Gasteiger partial charge in [-0.2, -0.15) is 8.78 Å². The van der Waals surface area contributed by atoms with Crippen LogP contribution < -0.4 is 4.74 Å². The SMILES string of the molecule is CCOC(=O)C1CC=CCC(F)(F)C1=Nc1ccc(OC)cc1. The van der Waals surface area contributed by atoms with Gasteiger partial charge in [0.1, 0.15) is 17.4 Å². The molecule has 0 amide bonds. The lowest BCUT2D eigenvalue weighted by atomic mass is 9.95. The predicted molar refractivity (Wildman–Crippen MR) is 83.5 cm³/mol. The van der Waals surface area contributed by atoms with E-state index in [4.69, 9.17) is 9.47 Å². The number of benzene rings is 1. The standard InChI is InChI=1S/C17H19F2NO3/c1-3-23-16(21)14-6-4-5-11-17(18,19)15(14)20-12-7-9-13(22-2)10-8-12/h4-5,7-10,14H,3,6,11H2,1-2H3. The van der Waals surface area contributed by atoms with Gasteiger partial charge in [0.2, 0.25) is 0 Å². The minimum absolute atomic E-state index is 0.139. The third kappa shape index (κ3) is 4.15. The second-order valence-electron chi connectivity index (χ2n) is 5.12. The number of hydrogen-bond acceptors (Lipinski definition) is 4. The van der Waals surface area contributed by atoms with Crippen LogP contribution in [0.4, 0.5) is 14.5 Å². The molecule has 0 saturated heterocycles. The van der Waals surface area contributed by atoms with E-state index in [9.17, 15) is 13.6 Å². The molecule has 0 radical (unpaired) electrons. The van der Waals surface area contributed by atoms with Crippen molar-refractivity contribution >= 4 is 17.4 Å². The molecule has 4 nitrogen and oxygen atoms in total. The first-order valence-corrected chi connectivity index (χ1v) is 7.40. The van der Waals surface area contributed by atoms with Crippen molar-refractivity contribution in [1.29, 1.82) is 0 Å². The van der Waals surface area contributed by atoms with Crippen molar-refractivity contribution in [3.63, 3.8) is 0 Å². The molecule has 23 heavy (non-hydrogen) atoms. The highest BCUT2D eigenvalue weighted by atomic mass is 19.3. The molecule has 1 atom stereocenters. The Morgan fingerprint density at radius 1 is 1.30 bits per heavy atom. The highest BCUT2D eigenvalue weighted by Gasteiger charge is 2.44. The van der Waals surface area contributed by atoms with Gasteiger partial charge in [0, 0.05) is 6.42 Å². The van der Waals surface area contributed by atoms with E-state index < -0.39 is 29.9 Å². The number of esters is 1. The van der Waals surface area contributed by atoms with Gasteiger partial charge < -0.3 is 9.47 Å². The molecule has 0 N–H and O–H groups in total. The first-order valence-electron chi connectivity index (χ1n) is 7.40. The summed E-state index contributed by atoms with van der Waals surface area (Å²) in [5, 5.41) is 0. The van der Waals surface area contributed by atoms with Crippen LogP contribution in [0.1, 0.15) is 19.8 Å². The van der Waals surface area contributed by atoms with Gasteiger partial charge in [0.15, 0.2) is 0 Å². The molecule has 0 heterocycles. The van der Waals surface area contributed by atoms with Crippen molar-refractivity contribution < 1.29 is 23.0 Å². The second kappa shape index (κ2) is 7.35. The number of ether oxygens (including phenoxy) is 2. The molecule has 1 unspecified atom stereocenters. The maximum absolute atomic E-state index is 14.4. The van der Waals surface area contributed by atoms with Gasteiger partial charge in [0.25, 0.3) is 5.92 Å². The molecule has 124 valence electrons. The van der Waals surface area contributed by atoms with Crippen molar-refractivity contribution in [2.75, 3.05) is 13.7 Å². The van der Waals surface area contributed by atoms with Gasteiger partial charge >= 0.3 is 5.97 Å². The summed E-state index contributed by atoms with van der Waals surface area (Å²) in [6, 6.07) is 6.41. The van der Waals surface area contributed by atoms with E-state index in [1.807, 2.05) is 0 Å². The Morgan fingerprint density at radius 3 is 2.61 bits per heavy atom. The molecule has 0 fully saturated rings. The lowest BCUT2D eigenvalue weighted by Crippen LogP contribution is -2.38. The molecule has 1 aliphatic rings. The number of alkyl halides is 2. The highest BCUT2D eigenvalue weighted by molar-refractivity contribution is 6.07. The summed E-state index contributed by atoms with van der Waals surface area (Å²) < 4.78 is 38.8. The molecule has 0 spiro atoms. The van der Waals surface area contributed by atoms with Crippen LogP contribution in [0.3, 0.4) is 0 Å². The van der Waals surface area contributed by atoms with Crippen LogP contribution in [0.2, 0.25) is 0 Å². The smallest absolute Gasteiger partial charge is 0.315 e. The number of halogens is 2. The highest BCUT2D eigenvalue weighted by Crippen LogP contribution is 2.33. The maximum Gasteiger partial charge on any atom is 0.315 e. The molecule has 1 aliphatic carbocycles. The third-order valence-electron chi connectivity index (χ3n) is 3.51. The van der Waals surface area contributed by atoms with Gasteiger partial charge in [0.05, 0.1) is 19.4 Å². The average molecular weight is 323 g/mol. The number of methoxy groups -OCH3 is 1. The van der Waals surface area contributed by atoms with Crippen LogP contribution in [0.5, 0.6) is 5.75 Å². The average Bonchev–Trinajstić information content (AvgIpc) is 2.67. The van der Waals surface area contributed by atoms with Crippen molar-refractivity contribution in [3.05, 3.63) is 36.4 Å². The van der Waals surface area contributed by atoms with E-state index >= 15 is 0 Å². The summed E-state index contributed by atoms with van der Waals surface area (Å²) in [5.41, 5.74) is -0.109. The molecule has 0 aliphatic heterocycles. The Bertz CT molecular complexity index is 609. The number of allylic oxidation sites excluding steroid dienone is 2. The number of rotatable bonds is 4. The Labute approximate surface area is 133 Å². The van der Waals surface area contributed by atoms with Crippen LogP contribution in [-0.4, -0.2) is 31.3 Å². The first-order chi connectivity index (χ1) is 11.0. The minimum atomic E-state index is -3.19. The fourth-order valence-corrected chi connectivity index (χ4v) is 2.34. The number of carbonyl (C=O) groups excluding carboxylic acids is 1. The van der Waals surface area contributed by atoms with Crippen molar-refractivity contribution in [1.82, 2.24) is 0 Å². The van der Waals surface area contributed by atoms with E-state index in [1.165, 1.54) is 13.2 Å². The maximum atomic E-state index is 14.4. The third-order valence-corrected chi connectivity index (χ3v) is 3.51. The summed E-state index contributed by atoms with van der Waals surface area (Å²) in [7, 11) is 1.52. The van der Waals surface area contributed by atoms with Gasteiger partial charge in [-0.15, -0.1) is 0 Å². The predicted octanol–water partition coefficient (Wildman–Crippen LogP) is 3.93. The van der Waals surface area contributed by atoms with Gasteiger partial charge in [-0.25, -0.2) is 0 Å².